The van der Waals surface area contributed by atoms with Crippen LogP contribution < -0.4 is 0 Å². The maximum absolute atomic E-state index is 5.02. The van der Waals surface area contributed by atoms with Gasteiger partial charge in [0.05, 0.1) is 11.4 Å². The van der Waals surface area contributed by atoms with E-state index in [1.807, 2.05) is 17.8 Å². The third kappa shape index (κ3) is 1.63. The highest BCUT2D eigenvalue weighted by atomic mass is 32.1. The second-order valence-corrected chi connectivity index (χ2v) is 3.93. The third-order valence-corrected chi connectivity index (χ3v) is 2.77. The van der Waals surface area contributed by atoms with Gasteiger partial charge in [0, 0.05) is 24.0 Å². The van der Waals surface area contributed by atoms with Crippen molar-refractivity contribution in [2.75, 3.05) is 0 Å². The van der Waals surface area contributed by atoms with E-state index in [1.165, 1.54) is 5.69 Å². The lowest BCUT2D eigenvalue weighted by Crippen LogP contribution is -1.98. The van der Waals surface area contributed by atoms with Crippen molar-refractivity contribution in [3.63, 3.8) is 0 Å². The van der Waals surface area contributed by atoms with Crippen molar-refractivity contribution in [1.82, 2.24) is 19.7 Å². The fourth-order valence-corrected chi connectivity index (χ4v) is 2.03. The summed E-state index contributed by atoms with van der Waals surface area (Å²) in [4.78, 5) is 6.09. The van der Waals surface area contributed by atoms with E-state index in [9.17, 15) is 0 Å². The fourth-order valence-electron chi connectivity index (χ4n) is 1.86. The third-order valence-electron chi connectivity index (χ3n) is 2.55. The minimum absolute atomic E-state index is 0.646. The van der Waals surface area contributed by atoms with Crippen LogP contribution in [0.15, 0.2) is 6.20 Å². The van der Waals surface area contributed by atoms with Crippen LogP contribution in [0.25, 0.3) is 11.3 Å². The van der Waals surface area contributed by atoms with E-state index in [1.54, 1.807) is 0 Å². The molecule has 0 atom stereocenters. The molecule has 0 fully saturated rings. The molecule has 2 heterocycles. The molecule has 2 aromatic rings. The molecule has 2 rings (SSSR count). The Balaban J connectivity index is 2.62. The van der Waals surface area contributed by atoms with E-state index < -0.39 is 0 Å². The highest BCUT2D eigenvalue weighted by Crippen LogP contribution is 2.24. The smallest absolute Gasteiger partial charge is 0.174 e. The number of aryl methyl sites for hydroxylation is 2. The van der Waals surface area contributed by atoms with Crippen molar-refractivity contribution in [1.29, 1.82) is 0 Å². The Morgan fingerprint density at radius 3 is 2.67 bits per heavy atom. The molecular formula is C10H14N4S. The van der Waals surface area contributed by atoms with Crippen LogP contribution in [-0.2, 0) is 6.54 Å². The van der Waals surface area contributed by atoms with Crippen LogP contribution >= 0.6 is 12.2 Å². The second-order valence-electron chi connectivity index (χ2n) is 3.52. The Labute approximate surface area is 93.3 Å². The molecular weight excluding hydrogens is 208 g/mol. The monoisotopic (exact) mass is 222 g/mol. The zero-order valence-corrected chi connectivity index (χ0v) is 9.90. The van der Waals surface area contributed by atoms with Crippen LogP contribution in [0.2, 0.25) is 0 Å². The molecule has 15 heavy (non-hydrogen) atoms. The van der Waals surface area contributed by atoms with Gasteiger partial charge in [-0.15, -0.1) is 0 Å². The Hall–Kier alpha value is -1.36. The van der Waals surface area contributed by atoms with Crippen LogP contribution in [0, 0.1) is 18.6 Å². The Kier molecular flexibility index (Phi) is 2.48. The topological polar surface area (TPSA) is 49.4 Å². The summed E-state index contributed by atoms with van der Waals surface area (Å²) in [6.07, 6.45) is 1.89. The summed E-state index contributed by atoms with van der Waals surface area (Å²) < 4.78 is 2.64. The molecule has 4 nitrogen and oxygen atoms in total. The van der Waals surface area contributed by atoms with Crippen molar-refractivity contribution in [2.24, 2.45) is 0 Å². The average molecular weight is 222 g/mol. The molecule has 0 unspecified atom stereocenters. The zero-order valence-electron chi connectivity index (χ0n) is 9.09. The van der Waals surface area contributed by atoms with Crippen LogP contribution in [0.1, 0.15) is 18.3 Å². The van der Waals surface area contributed by atoms with Crippen LogP contribution in [0.3, 0.4) is 0 Å². The highest BCUT2D eigenvalue weighted by Gasteiger charge is 2.13. The summed E-state index contributed by atoms with van der Waals surface area (Å²) in [5.41, 5.74) is 4.35. The molecule has 0 aliphatic rings. The predicted molar refractivity (Wildman–Crippen MR) is 62.3 cm³/mol. The first-order chi connectivity index (χ1) is 7.13. The quantitative estimate of drug-likeness (QED) is 0.767. The molecule has 0 bridgehead atoms. The van der Waals surface area contributed by atoms with Crippen molar-refractivity contribution in [3.05, 3.63) is 22.4 Å². The Bertz CT molecular complexity index is 532. The number of aromatic nitrogens is 4. The number of imidazole rings is 1. The lowest BCUT2D eigenvalue weighted by Gasteiger charge is -1.99. The van der Waals surface area contributed by atoms with Gasteiger partial charge >= 0.3 is 0 Å². The van der Waals surface area contributed by atoms with Crippen LogP contribution in [0.5, 0.6) is 0 Å². The Morgan fingerprint density at radius 1 is 1.47 bits per heavy atom. The SMILES string of the molecule is CCn1nc(C)c(-c2c[nH]c(=S)[nH]2)c1C. The van der Waals surface area contributed by atoms with Gasteiger partial charge in [0.25, 0.3) is 0 Å². The molecule has 0 aliphatic heterocycles. The normalized spacial score (nSPS) is 10.9. The van der Waals surface area contributed by atoms with Gasteiger partial charge in [-0.3, -0.25) is 4.68 Å². The molecule has 0 aliphatic carbocycles. The van der Waals surface area contributed by atoms with Gasteiger partial charge in [0.15, 0.2) is 4.77 Å². The van der Waals surface area contributed by atoms with E-state index in [2.05, 4.69) is 28.9 Å². The first-order valence-corrected chi connectivity index (χ1v) is 5.36. The lowest BCUT2D eigenvalue weighted by molar-refractivity contribution is 0.634. The molecule has 0 saturated heterocycles. The number of nitrogens with one attached hydrogen (secondary N) is 2. The van der Waals surface area contributed by atoms with Crippen molar-refractivity contribution < 1.29 is 0 Å². The van der Waals surface area contributed by atoms with Crippen molar-refractivity contribution in [2.45, 2.75) is 27.3 Å². The summed E-state index contributed by atoms with van der Waals surface area (Å²) >= 11 is 5.02. The predicted octanol–water partition coefficient (Wildman–Crippen LogP) is 2.57. The largest absolute Gasteiger partial charge is 0.337 e. The molecule has 5 heteroatoms. The van der Waals surface area contributed by atoms with Gasteiger partial charge < -0.3 is 9.97 Å². The first kappa shape index (κ1) is 10.2. The summed E-state index contributed by atoms with van der Waals surface area (Å²) in [6.45, 7) is 7.06. The molecule has 0 radical (unpaired) electrons. The summed E-state index contributed by atoms with van der Waals surface area (Å²) in [5, 5.41) is 4.46. The zero-order chi connectivity index (χ0) is 11.0. The Morgan fingerprint density at radius 2 is 2.20 bits per heavy atom. The van der Waals surface area contributed by atoms with E-state index >= 15 is 0 Å². The number of hydrogen-bond donors (Lipinski definition) is 2. The fraction of sp³-hybridized carbons (Fsp3) is 0.400. The van der Waals surface area contributed by atoms with E-state index in [-0.39, 0.29) is 0 Å². The number of rotatable bonds is 2. The van der Waals surface area contributed by atoms with Gasteiger partial charge in [-0.25, -0.2) is 0 Å². The first-order valence-electron chi connectivity index (χ1n) is 4.95. The number of H-pyrrole nitrogens is 2. The van der Waals surface area contributed by atoms with E-state index in [0.717, 1.165) is 23.5 Å². The van der Waals surface area contributed by atoms with Crippen LogP contribution in [-0.4, -0.2) is 19.7 Å². The van der Waals surface area contributed by atoms with E-state index in [0.29, 0.717) is 4.77 Å². The lowest BCUT2D eigenvalue weighted by atomic mass is 10.1. The number of aromatic amines is 2. The molecule has 0 amide bonds. The van der Waals surface area contributed by atoms with E-state index in [4.69, 9.17) is 12.2 Å². The van der Waals surface area contributed by atoms with Gasteiger partial charge in [0.1, 0.15) is 0 Å². The van der Waals surface area contributed by atoms with Gasteiger partial charge in [-0.2, -0.15) is 5.10 Å². The molecule has 80 valence electrons. The molecule has 2 aromatic heterocycles. The minimum Gasteiger partial charge on any atom is -0.337 e. The maximum Gasteiger partial charge on any atom is 0.174 e. The van der Waals surface area contributed by atoms with Crippen LogP contribution in [0.4, 0.5) is 0 Å². The van der Waals surface area contributed by atoms with Crippen molar-refractivity contribution in [3.8, 4) is 11.3 Å². The van der Waals surface area contributed by atoms with Gasteiger partial charge in [0.2, 0.25) is 0 Å². The summed E-state index contributed by atoms with van der Waals surface area (Å²) in [7, 11) is 0. The standard InChI is InChI=1S/C10H14N4S/c1-4-14-7(3)9(6(2)13-14)8-5-11-10(15)12-8/h5H,4H2,1-3H3,(H2,11,12,15). The second kappa shape index (κ2) is 3.66. The maximum atomic E-state index is 5.02. The molecule has 0 aromatic carbocycles. The minimum atomic E-state index is 0.646. The highest BCUT2D eigenvalue weighted by molar-refractivity contribution is 7.71. The summed E-state index contributed by atoms with van der Waals surface area (Å²) in [6, 6.07) is 0. The molecule has 0 saturated carbocycles. The van der Waals surface area contributed by atoms with Crippen molar-refractivity contribution >= 4 is 12.2 Å². The van der Waals surface area contributed by atoms with Gasteiger partial charge in [-0.1, -0.05) is 0 Å². The average Bonchev–Trinajstić information content (AvgIpc) is 2.71. The summed E-state index contributed by atoms with van der Waals surface area (Å²) in [5.74, 6) is 0. The number of hydrogen-bond acceptors (Lipinski definition) is 2. The molecule has 2 N–H and O–H groups in total. The van der Waals surface area contributed by atoms with Gasteiger partial charge in [-0.05, 0) is 33.0 Å². The molecule has 0 spiro atoms. The number of nitrogens with zero attached hydrogens (tertiary/aromatic N) is 2.